The van der Waals surface area contributed by atoms with Crippen LogP contribution in [0.3, 0.4) is 0 Å². The van der Waals surface area contributed by atoms with Gasteiger partial charge in [0.2, 0.25) is 5.95 Å². The van der Waals surface area contributed by atoms with Crippen molar-refractivity contribution in [1.82, 2.24) is 9.97 Å². The molecular weight excluding hydrogens is 272 g/mol. The maximum atomic E-state index is 4.83. The zero-order valence-electron chi connectivity index (χ0n) is 13.3. The average Bonchev–Trinajstić information content (AvgIpc) is 2.86. The Morgan fingerprint density at radius 3 is 2.41 bits per heavy atom. The van der Waals surface area contributed by atoms with Crippen LogP contribution in [0.15, 0.2) is 42.6 Å². The van der Waals surface area contributed by atoms with Crippen LogP contribution in [0.5, 0.6) is 0 Å². The molecule has 0 amide bonds. The molecule has 2 heterocycles. The van der Waals surface area contributed by atoms with Crippen LogP contribution in [0.25, 0.3) is 0 Å². The average molecular weight is 296 g/mol. The smallest absolute Gasteiger partial charge is 0.231 e. The summed E-state index contributed by atoms with van der Waals surface area (Å²) in [6, 6.07) is 12.4. The minimum Gasteiger partial charge on any atom is -0.356 e. The largest absolute Gasteiger partial charge is 0.356 e. The van der Waals surface area contributed by atoms with Crippen molar-refractivity contribution in [3.8, 4) is 0 Å². The fourth-order valence-electron chi connectivity index (χ4n) is 2.99. The molecule has 1 aromatic carbocycles. The molecule has 1 aromatic heterocycles. The zero-order valence-corrected chi connectivity index (χ0v) is 13.3. The number of benzene rings is 1. The van der Waals surface area contributed by atoms with Gasteiger partial charge in [-0.25, -0.2) is 4.98 Å². The van der Waals surface area contributed by atoms with Crippen LogP contribution in [0.1, 0.15) is 32.6 Å². The topological polar surface area (TPSA) is 32.3 Å². The van der Waals surface area contributed by atoms with Crippen LogP contribution in [-0.2, 0) is 0 Å². The Bertz CT molecular complexity index is 577. The summed E-state index contributed by atoms with van der Waals surface area (Å²) in [5.74, 6) is 1.84. The van der Waals surface area contributed by atoms with E-state index in [4.69, 9.17) is 4.98 Å². The molecule has 1 saturated heterocycles. The molecule has 1 aliphatic rings. The molecule has 0 saturated carbocycles. The summed E-state index contributed by atoms with van der Waals surface area (Å²) in [5, 5.41) is 0. The van der Waals surface area contributed by atoms with E-state index in [1.165, 1.54) is 25.7 Å². The summed E-state index contributed by atoms with van der Waals surface area (Å²) in [4.78, 5) is 13.9. The Labute approximate surface area is 132 Å². The fourth-order valence-corrected chi connectivity index (χ4v) is 2.99. The quantitative estimate of drug-likeness (QED) is 0.853. The van der Waals surface area contributed by atoms with Crippen LogP contribution in [0.2, 0.25) is 0 Å². The van der Waals surface area contributed by atoms with Crippen molar-refractivity contribution in [3.05, 3.63) is 42.6 Å². The van der Waals surface area contributed by atoms with Crippen LogP contribution >= 0.6 is 0 Å². The van der Waals surface area contributed by atoms with Gasteiger partial charge >= 0.3 is 0 Å². The van der Waals surface area contributed by atoms with E-state index in [1.54, 1.807) is 0 Å². The van der Waals surface area contributed by atoms with Gasteiger partial charge in [0.05, 0.1) is 0 Å². The minimum atomic E-state index is 0.787. The Balaban J connectivity index is 1.86. The van der Waals surface area contributed by atoms with Gasteiger partial charge < -0.3 is 9.80 Å². The second-order valence-electron chi connectivity index (χ2n) is 5.70. The van der Waals surface area contributed by atoms with Crippen molar-refractivity contribution < 1.29 is 0 Å². The lowest BCUT2D eigenvalue weighted by molar-refractivity contribution is 0.726. The molecule has 2 aromatic rings. The molecule has 4 heteroatoms. The molecule has 116 valence electrons. The van der Waals surface area contributed by atoms with E-state index in [9.17, 15) is 0 Å². The SMILES string of the molecule is CCN(c1ccccc1)c1nccc(N2CCCCCC2)n1. The summed E-state index contributed by atoms with van der Waals surface area (Å²) in [5.41, 5.74) is 1.14. The first kappa shape index (κ1) is 14.8. The van der Waals surface area contributed by atoms with Gasteiger partial charge in [0.25, 0.3) is 0 Å². The first-order chi connectivity index (χ1) is 10.9. The summed E-state index contributed by atoms with van der Waals surface area (Å²) >= 11 is 0. The van der Waals surface area contributed by atoms with Crippen LogP contribution < -0.4 is 9.80 Å². The number of anilines is 3. The van der Waals surface area contributed by atoms with Crippen molar-refractivity contribution in [1.29, 1.82) is 0 Å². The number of para-hydroxylation sites is 1. The molecule has 0 spiro atoms. The van der Waals surface area contributed by atoms with Gasteiger partial charge in [-0.2, -0.15) is 4.98 Å². The third-order valence-electron chi connectivity index (χ3n) is 4.18. The van der Waals surface area contributed by atoms with E-state index in [0.29, 0.717) is 0 Å². The van der Waals surface area contributed by atoms with E-state index in [0.717, 1.165) is 37.1 Å². The number of aromatic nitrogens is 2. The highest BCUT2D eigenvalue weighted by molar-refractivity contribution is 5.58. The van der Waals surface area contributed by atoms with Crippen LogP contribution in [0.4, 0.5) is 17.5 Å². The fraction of sp³-hybridized carbons (Fsp3) is 0.444. The highest BCUT2D eigenvalue weighted by Crippen LogP contribution is 2.24. The lowest BCUT2D eigenvalue weighted by Gasteiger charge is -2.25. The predicted molar refractivity (Wildman–Crippen MR) is 91.8 cm³/mol. The monoisotopic (exact) mass is 296 g/mol. The van der Waals surface area contributed by atoms with E-state index < -0.39 is 0 Å². The molecule has 0 atom stereocenters. The van der Waals surface area contributed by atoms with Crippen molar-refractivity contribution in [2.75, 3.05) is 29.4 Å². The highest BCUT2D eigenvalue weighted by atomic mass is 15.3. The number of hydrogen-bond acceptors (Lipinski definition) is 4. The third kappa shape index (κ3) is 3.38. The molecule has 0 radical (unpaired) electrons. The Hall–Kier alpha value is -2.10. The molecule has 0 unspecified atom stereocenters. The summed E-state index contributed by atoms with van der Waals surface area (Å²) < 4.78 is 0. The van der Waals surface area contributed by atoms with Crippen LogP contribution in [-0.4, -0.2) is 29.6 Å². The van der Waals surface area contributed by atoms with E-state index in [-0.39, 0.29) is 0 Å². The first-order valence-electron chi connectivity index (χ1n) is 8.29. The molecule has 22 heavy (non-hydrogen) atoms. The minimum absolute atomic E-state index is 0.787. The Kier molecular flexibility index (Phi) is 4.88. The first-order valence-corrected chi connectivity index (χ1v) is 8.29. The van der Waals surface area contributed by atoms with E-state index in [1.807, 2.05) is 18.3 Å². The van der Waals surface area contributed by atoms with E-state index >= 15 is 0 Å². The standard InChI is InChI=1S/C18H24N4/c1-2-22(16-10-6-5-7-11-16)18-19-13-12-17(20-18)21-14-8-3-4-9-15-21/h5-7,10-13H,2-4,8-9,14-15H2,1H3. The van der Waals surface area contributed by atoms with Crippen molar-refractivity contribution in [2.45, 2.75) is 32.6 Å². The van der Waals surface area contributed by atoms with Gasteiger partial charge in [-0.15, -0.1) is 0 Å². The van der Waals surface area contributed by atoms with Crippen LogP contribution in [0, 0.1) is 0 Å². The normalized spacial score (nSPS) is 15.4. The van der Waals surface area contributed by atoms with Gasteiger partial charge in [-0.05, 0) is 38.0 Å². The summed E-state index contributed by atoms with van der Waals surface area (Å²) in [6.07, 6.45) is 7.07. The summed E-state index contributed by atoms with van der Waals surface area (Å²) in [7, 11) is 0. The van der Waals surface area contributed by atoms with Gasteiger partial charge in [0, 0.05) is 31.5 Å². The molecule has 0 N–H and O–H groups in total. The lowest BCUT2D eigenvalue weighted by atomic mass is 10.2. The number of nitrogens with zero attached hydrogens (tertiary/aromatic N) is 4. The molecule has 0 aliphatic carbocycles. The maximum Gasteiger partial charge on any atom is 0.231 e. The van der Waals surface area contributed by atoms with Crippen molar-refractivity contribution in [3.63, 3.8) is 0 Å². The Morgan fingerprint density at radius 1 is 1.00 bits per heavy atom. The Morgan fingerprint density at radius 2 is 1.73 bits per heavy atom. The number of rotatable bonds is 4. The third-order valence-corrected chi connectivity index (χ3v) is 4.18. The second kappa shape index (κ2) is 7.25. The van der Waals surface area contributed by atoms with Crippen molar-refractivity contribution in [2.24, 2.45) is 0 Å². The second-order valence-corrected chi connectivity index (χ2v) is 5.70. The van der Waals surface area contributed by atoms with Gasteiger partial charge in [-0.3, -0.25) is 0 Å². The van der Waals surface area contributed by atoms with Gasteiger partial charge in [0.1, 0.15) is 5.82 Å². The predicted octanol–water partition coefficient (Wildman–Crippen LogP) is 4.02. The molecule has 0 bridgehead atoms. The lowest BCUT2D eigenvalue weighted by Crippen LogP contribution is -2.26. The summed E-state index contributed by atoms with van der Waals surface area (Å²) in [6.45, 7) is 5.20. The maximum absolute atomic E-state index is 4.83. The van der Waals surface area contributed by atoms with E-state index in [2.05, 4.69) is 46.0 Å². The number of hydrogen-bond donors (Lipinski definition) is 0. The van der Waals surface area contributed by atoms with Gasteiger partial charge in [-0.1, -0.05) is 31.0 Å². The van der Waals surface area contributed by atoms with Crippen molar-refractivity contribution >= 4 is 17.5 Å². The molecule has 4 nitrogen and oxygen atoms in total. The zero-order chi connectivity index (χ0) is 15.2. The molecule has 3 rings (SSSR count). The molecular formula is C18H24N4. The highest BCUT2D eigenvalue weighted by Gasteiger charge is 2.15. The molecule has 1 fully saturated rings. The van der Waals surface area contributed by atoms with Gasteiger partial charge in [0.15, 0.2) is 0 Å². The molecule has 1 aliphatic heterocycles.